The minimum atomic E-state index is -0.0840. The van der Waals surface area contributed by atoms with Crippen LogP contribution in [-0.4, -0.2) is 45.2 Å². The van der Waals surface area contributed by atoms with E-state index in [9.17, 15) is 4.79 Å². The average Bonchev–Trinajstić information content (AvgIpc) is 3.26. The number of aromatic nitrogens is 3. The Bertz CT molecular complexity index is 663. The largest absolute Gasteiger partial charge is 0.376 e. The molecule has 1 saturated heterocycles. The van der Waals surface area contributed by atoms with Gasteiger partial charge >= 0.3 is 0 Å². The van der Waals surface area contributed by atoms with Crippen molar-refractivity contribution >= 4 is 5.91 Å². The molecule has 1 fully saturated rings. The van der Waals surface area contributed by atoms with Gasteiger partial charge in [-0.05, 0) is 37.0 Å². The number of H-pyrrole nitrogens is 1. The second-order valence-corrected chi connectivity index (χ2v) is 6.51. The van der Waals surface area contributed by atoms with E-state index in [2.05, 4.69) is 29.0 Å². The lowest BCUT2D eigenvalue weighted by molar-refractivity contribution is 0.0500. The third-order valence-corrected chi connectivity index (χ3v) is 4.25. The molecule has 0 saturated carbocycles. The molecule has 0 spiro atoms. The van der Waals surface area contributed by atoms with Gasteiger partial charge in [-0.2, -0.15) is 5.10 Å². The summed E-state index contributed by atoms with van der Waals surface area (Å²) in [5.74, 6) is 0.223. The SMILES string of the molecule is CC(C)c1cc(C(=O)N(Cc2ccccn2)CC2CCCO2)n[nH]1. The van der Waals surface area contributed by atoms with Crippen molar-refractivity contribution in [3.05, 3.63) is 47.5 Å². The number of aromatic amines is 1. The zero-order valence-electron chi connectivity index (χ0n) is 14.2. The summed E-state index contributed by atoms with van der Waals surface area (Å²) in [6.07, 6.45) is 3.89. The van der Waals surface area contributed by atoms with E-state index in [1.807, 2.05) is 24.3 Å². The molecule has 24 heavy (non-hydrogen) atoms. The molecule has 6 nitrogen and oxygen atoms in total. The van der Waals surface area contributed by atoms with Crippen molar-refractivity contribution in [2.75, 3.05) is 13.2 Å². The highest BCUT2D eigenvalue weighted by atomic mass is 16.5. The van der Waals surface area contributed by atoms with E-state index in [0.717, 1.165) is 30.8 Å². The number of pyridine rings is 1. The fourth-order valence-electron chi connectivity index (χ4n) is 2.84. The van der Waals surface area contributed by atoms with Crippen molar-refractivity contribution in [2.45, 2.75) is 45.3 Å². The van der Waals surface area contributed by atoms with E-state index >= 15 is 0 Å². The average molecular weight is 328 g/mol. The topological polar surface area (TPSA) is 71.1 Å². The fraction of sp³-hybridized carbons (Fsp3) is 0.500. The normalized spacial score (nSPS) is 17.4. The summed E-state index contributed by atoms with van der Waals surface area (Å²) < 4.78 is 5.71. The van der Waals surface area contributed by atoms with Gasteiger partial charge in [-0.3, -0.25) is 14.9 Å². The van der Waals surface area contributed by atoms with Crippen LogP contribution in [0, 0.1) is 0 Å². The Morgan fingerprint density at radius 1 is 1.46 bits per heavy atom. The van der Waals surface area contributed by atoms with Crippen molar-refractivity contribution in [3.63, 3.8) is 0 Å². The van der Waals surface area contributed by atoms with E-state index < -0.39 is 0 Å². The number of nitrogens with one attached hydrogen (secondary N) is 1. The van der Waals surface area contributed by atoms with Crippen LogP contribution in [0.5, 0.6) is 0 Å². The monoisotopic (exact) mass is 328 g/mol. The van der Waals surface area contributed by atoms with Gasteiger partial charge in [0.15, 0.2) is 0 Å². The number of nitrogens with zero attached hydrogens (tertiary/aromatic N) is 3. The third-order valence-electron chi connectivity index (χ3n) is 4.25. The predicted octanol–water partition coefficient (Wildman–Crippen LogP) is 2.75. The van der Waals surface area contributed by atoms with Crippen LogP contribution < -0.4 is 0 Å². The lowest BCUT2D eigenvalue weighted by Gasteiger charge is -2.24. The first kappa shape index (κ1) is 16.6. The Labute approximate surface area is 142 Å². The van der Waals surface area contributed by atoms with Crippen LogP contribution in [-0.2, 0) is 11.3 Å². The van der Waals surface area contributed by atoms with Gasteiger partial charge in [0.25, 0.3) is 5.91 Å². The molecule has 1 atom stereocenters. The number of amides is 1. The quantitative estimate of drug-likeness (QED) is 0.885. The summed E-state index contributed by atoms with van der Waals surface area (Å²) in [5.41, 5.74) is 2.28. The maximum absolute atomic E-state index is 12.9. The molecule has 1 aliphatic rings. The lowest BCUT2D eigenvalue weighted by Crippen LogP contribution is -2.37. The molecule has 3 rings (SSSR count). The summed E-state index contributed by atoms with van der Waals surface area (Å²) in [6.45, 7) is 5.94. The minimum Gasteiger partial charge on any atom is -0.376 e. The van der Waals surface area contributed by atoms with Gasteiger partial charge in [-0.25, -0.2) is 0 Å². The Hall–Kier alpha value is -2.21. The molecule has 1 aliphatic heterocycles. The van der Waals surface area contributed by atoms with Gasteiger partial charge in [-0.1, -0.05) is 19.9 Å². The number of ether oxygens (including phenoxy) is 1. The van der Waals surface area contributed by atoms with E-state index in [0.29, 0.717) is 24.7 Å². The number of rotatable bonds is 6. The molecule has 0 bridgehead atoms. The fourth-order valence-corrected chi connectivity index (χ4v) is 2.84. The maximum Gasteiger partial charge on any atom is 0.274 e. The number of hydrogen-bond donors (Lipinski definition) is 1. The summed E-state index contributed by atoms with van der Waals surface area (Å²) in [5, 5.41) is 7.15. The Balaban J connectivity index is 1.77. The summed E-state index contributed by atoms with van der Waals surface area (Å²) in [4.78, 5) is 19.1. The van der Waals surface area contributed by atoms with Crippen LogP contribution >= 0.6 is 0 Å². The second kappa shape index (κ2) is 7.57. The Morgan fingerprint density at radius 2 is 2.33 bits per heavy atom. The number of carbonyl (C=O) groups excluding carboxylic acids is 1. The van der Waals surface area contributed by atoms with Crippen molar-refractivity contribution < 1.29 is 9.53 Å². The first-order valence-electron chi connectivity index (χ1n) is 8.49. The van der Waals surface area contributed by atoms with Gasteiger partial charge in [-0.15, -0.1) is 0 Å². The van der Waals surface area contributed by atoms with Gasteiger partial charge in [0.1, 0.15) is 5.69 Å². The molecule has 0 radical (unpaired) electrons. The molecule has 1 amide bonds. The van der Waals surface area contributed by atoms with Crippen molar-refractivity contribution in [3.8, 4) is 0 Å². The summed E-state index contributed by atoms with van der Waals surface area (Å²) in [6, 6.07) is 7.58. The van der Waals surface area contributed by atoms with Gasteiger partial charge in [0, 0.05) is 25.0 Å². The molecule has 1 N–H and O–H groups in total. The van der Waals surface area contributed by atoms with Gasteiger partial charge in [0.2, 0.25) is 0 Å². The molecule has 2 aromatic rings. The molecule has 6 heteroatoms. The second-order valence-electron chi connectivity index (χ2n) is 6.51. The predicted molar refractivity (Wildman–Crippen MR) is 90.6 cm³/mol. The number of hydrogen-bond acceptors (Lipinski definition) is 4. The van der Waals surface area contributed by atoms with E-state index in [4.69, 9.17) is 4.74 Å². The van der Waals surface area contributed by atoms with E-state index in [1.165, 1.54) is 0 Å². The summed E-state index contributed by atoms with van der Waals surface area (Å²) >= 11 is 0. The highest BCUT2D eigenvalue weighted by Crippen LogP contribution is 2.18. The zero-order chi connectivity index (χ0) is 16.9. The maximum atomic E-state index is 12.9. The van der Waals surface area contributed by atoms with Crippen LogP contribution in [0.15, 0.2) is 30.5 Å². The molecule has 2 aromatic heterocycles. The first-order valence-corrected chi connectivity index (χ1v) is 8.49. The van der Waals surface area contributed by atoms with Crippen LogP contribution in [0.3, 0.4) is 0 Å². The van der Waals surface area contributed by atoms with Crippen LogP contribution in [0.2, 0.25) is 0 Å². The minimum absolute atomic E-state index is 0.0840. The smallest absolute Gasteiger partial charge is 0.274 e. The summed E-state index contributed by atoms with van der Waals surface area (Å²) in [7, 11) is 0. The van der Waals surface area contributed by atoms with E-state index in [-0.39, 0.29) is 12.0 Å². The zero-order valence-corrected chi connectivity index (χ0v) is 14.2. The Kier molecular flexibility index (Phi) is 5.25. The molecule has 128 valence electrons. The molecular weight excluding hydrogens is 304 g/mol. The highest BCUT2D eigenvalue weighted by Gasteiger charge is 2.25. The van der Waals surface area contributed by atoms with Crippen LogP contribution in [0.1, 0.15) is 54.5 Å². The molecule has 3 heterocycles. The molecule has 0 aliphatic carbocycles. The Morgan fingerprint density at radius 3 is 2.96 bits per heavy atom. The first-order chi connectivity index (χ1) is 11.6. The third kappa shape index (κ3) is 4.00. The van der Waals surface area contributed by atoms with Crippen molar-refractivity contribution in [2.24, 2.45) is 0 Å². The van der Waals surface area contributed by atoms with Crippen molar-refractivity contribution in [1.29, 1.82) is 0 Å². The standard InChI is InChI=1S/C18H24N4O2/c1-13(2)16-10-17(21-20-16)18(23)22(12-15-7-5-9-24-15)11-14-6-3-4-8-19-14/h3-4,6,8,10,13,15H,5,7,9,11-12H2,1-2H3,(H,20,21). The lowest BCUT2D eigenvalue weighted by atomic mass is 10.1. The van der Waals surface area contributed by atoms with Crippen LogP contribution in [0.4, 0.5) is 0 Å². The van der Waals surface area contributed by atoms with Crippen molar-refractivity contribution in [1.82, 2.24) is 20.1 Å². The van der Waals surface area contributed by atoms with E-state index in [1.54, 1.807) is 11.1 Å². The molecule has 1 unspecified atom stereocenters. The number of carbonyl (C=O) groups is 1. The highest BCUT2D eigenvalue weighted by molar-refractivity contribution is 5.92. The van der Waals surface area contributed by atoms with Crippen LogP contribution in [0.25, 0.3) is 0 Å². The molecular formula is C18H24N4O2. The van der Waals surface area contributed by atoms with Gasteiger partial charge < -0.3 is 9.64 Å². The molecule has 0 aromatic carbocycles. The van der Waals surface area contributed by atoms with Gasteiger partial charge in [0.05, 0.1) is 18.3 Å².